The van der Waals surface area contributed by atoms with Gasteiger partial charge in [-0.25, -0.2) is 4.79 Å². The average molecular weight is 308 g/mol. The van der Waals surface area contributed by atoms with Crippen molar-refractivity contribution < 1.29 is 29.0 Å². The number of carboxylic acids is 1. The van der Waals surface area contributed by atoms with E-state index in [4.69, 9.17) is 14.6 Å². The second-order valence-corrected chi connectivity index (χ2v) is 6.06. The molecule has 0 spiro atoms. The van der Waals surface area contributed by atoms with Gasteiger partial charge in [0.15, 0.2) is 6.10 Å². The van der Waals surface area contributed by atoms with Crippen LogP contribution in [-0.2, 0) is 23.9 Å². The maximum absolute atomic E-state index is 12.1. The fourth-order valence-electron chi connectivity index (χ4n) is 2.67. The van der Waals surface area contributed by atoms with E-state index in [1.165, 1.54) is 0 Å². The van der Waals surface area contributed by atoms with E-state index in [0.29, 0.717) is 5.92 Å². The number of rotatable bonds is 5. The number of carboxylic acid groups (broad SMARTS) is 1. The van der Waals surface area contributed by atoms with Crippen LogP contribution >= 0.6 is 0 Å². The molecule has 0 unspecified atom stereocenters. The summed E-state index contributed by atoms with van der Waals surface area (Å²) in [4.78, 5) is 34.7. The van der Waals surface area contributed by atoms with Crippen LogP contribution in [-0.4, -0.2) is 34.5 Å². The van der Waals surface area contributed by atoms with E-state index in [-0.39, 0.29) is 11.3 Å². The van der Waals surface area contributed by atoms with Crippen LogP contribution in [0, 0.1) is 5.92 Å². The molecule has 0 amide bonds. The smallest absolute Gasteiger partial charge is 0.346 e. The first kappa shape index (κ1) is 16.3. The Balaban J connectivity index is 2.19. The number of allylic oxidation sites excluding steroid dienone is 1. The van der Waals surface area contributed by atoms with E-state index in [2.05, 4.69) is 13.8 Å². The molecule has 0 saturated carbocycles. The highest BCUT2D eigenvalue weighted by molar-refractivity contribution is 6.24. The monoisotopic (exact) mass is 308 g/mol. The van der Waals surface area contributed by atoms with Crippen molar-refractivity contribution in [2.75, 3.05) is 0 Å². The van der Waals surface area contributed by atoms with Gasteiger partial charge in [-0.05, 0) is 31.4 Å². The summed E-state index contributed by atoms with van der Waals surface area (Å²) in [5.74, 6) is -2.02. The first-order valence-electron chi connectivity index (χ1n) is 7.35. The van der Waals surface area contributed by atoms with Crippen molar-refractivity contribution in [3.8, 4) is 0 Å². The molecular formula is C16H20O6. The summed E-state index contributed by atoms with van der Waals surface area (Å²) in [5.41, 5.74) is -0.751. The van der Waals surface area contributed by atoms with Crippen LogP contribution in [0.2, 0.25) is 0 Å². The molecule has 1 fully saturated rings. The molecule has 0 aromatic carbocycles. The van der Waals surface area contributed by atoms with Crippen molar-refractivity contribution in [2.24, 2.45) is 5.92 Å². The molecule has 1 saturated heterocycles. The second-order valence-electron chi connectivity index (χ2n) is 6.06. The first-order valence-corrected chi connectivity index (χ1v) is 7.35. The summed E-state index contributed by atoms with van der Waals surface area (Å²) in [6.07, 6.45) is 3.40. The van der Waals surface area contributed by atoms with Crippen LogP contribution in [0.3, 0.4) is 0 Å². The predicted octanol–water partition coefficient (Wildman–Crippen LogP) is 1.99. The van der Waals surface area contributed by atoms with Crippen molar-refractivity contribution in [1.82, 2.24) is 0 Å². The number of cyclic esters (lactones) is 1. The summed E-state index contributed by atoms with van der Waals surface area (Å²) in [6, 6.07) is 0. The number of ketones is 1. The molecule has 0 aliphatic carbocycles. The SMILES string of the molecule is CC[C@H](C)C[C@@]1(C)C=C/C(=C2\C(=O)O[C@@H](CC(=O)O)C2=O)O1. The van der Waals surface area contributed by atoms with Gasteiger partial charge in [0, 0.05) is 0 Å². The van der Waals surface area contributed by atoms with Crippen LogP contribution in [0.5, 0.6) is 0 Å². The molecule has 120 valence electrons. The first-order chi connectivity index (χ1) is 10.3. The van der Waals surface area contributed by atoms with E-state index in [9.17, 15) is 14.4 Å². The van der Waals surface area contributed by atoms with Gasteiger partial charge in [0.05, 0.1) is 6.42 Å². The normalized spacial score (nSPS) is 32.0. The number of carbonyl (C=O) groups is 3. The van der Waals surface area contributed by atoms with Crippen molar-refractivity contribution >= 4 is 17.7 Å². The number of hydrogen-bond acceptors (Lipinski definition) is 5. The highest BCUT2D eigenvalue weighted by Gasteiger charge is 2.44. The van der Waals surface area contributed by atoms with E-state index in [0.717, 1.165) is 12.8 Å². The topological polar surface area (TPSA) is 89.9 Å². The minimum atomic E-state index is -1.26. The predicted molar refractivity (Wildman–Crippen MR) is 76.9 cm³/mol. The van der Waals surface area contributed by atoms with Gasteiger partial charge in [-0.2, -0.15) is 0 Å². The standard InChI is InChI=1S/C16H20O6/c1-4-9(2)8-16(3)6-5-10(22-16)13-14(19)11(7-12(17)18)21-15(13)20/h5-6,9,11H,4,7-8H2,1-3H3,(H,17,18)/b13-10+/t9-,11-,16+/m0/s1. The number of esters is 1. The molecule has 0 bridgehead atoms. The molecule has 0 radical (unpaired) electrons. The van der Waals surface area contributed by atoms with E-state index >= 15 is 0 Å². The summed E-state index contributed by atoms with van der Waals surface area (Å²) in [6.45, 7) is 6.08. The number of aliphatic carboxylic acids is 1. The van der Waals surface area contributed by atoms with E-state index in [1.807, 2.05) is 13.0 Å². The Hall–Kier alpha value is -2.11. The van der Waals surface area contributed by atoms with Crippen LogP contribution in [0.25, 0.3) is 0 Å². The van der Waals surface area contributed by atoms with Crippen molar-refractivity contribution in [3.63, 3.8) is 0 Å². The Morgan fingerprint density at radius 2 is 2.14 bits per heavy atom. The Kier molecular flexibility index (Phi) is 4.39. The molecule has 0 aromatic rings. The summed E-state index contributed by atoms with van der Waals surface area (Å²) >= 11 is 0. The number of Topliss-reactive ketones (excluding diaryl/α,β-unsaturated/α-hetero) is 1. The highest BCUT2D eigenvalue weighted by Crippen LogP contribution is 2.35. The minimum absolute atomic E-state index is 0.175. The lowest BCUT2D eigenvalue weighted by Crippen LogP contribution is -2.25. The lowest BCUT2D eigenvalue weighted by atomic mass is 9.92. The summed E-state index contributed by atoms with van der Waals surface area (Å²) in [5, 5.41) is 8.73. The molecule has 1 N–H and O–H groups in total. The molecule has 2 rings (SSSR count). The number of hydrogen-bond donors (Lipinski definition) is 1. The fourth-order valence-corrected chi connectivity index (χ4v) is 2.67. The van der Waals surface area contributed by atoms with Crippen LogP contribution in [0.1, 0.15) is 40.0 Å². The van der Waals surface area contributed by atoms with Gasteiger partial charge in [0.2, 0.25) is 5.78 Å². The summed E-state index contributed by atoms with van der Waals surface area (Å²) < 4.78 is 10.6. The van der Waals surface area contributed by atoms with Crippen molar-refractivity contribution in [1.29, 1.82) is 0 Å². The molecular weight excluding hydrogens is 288 g/mol. The molecule has 2 aliphatic heterocycles. The van der Waals surface area contributed by atoms with Crippen molar-refractivity contribution in [3.05, 3.63) is 23.5 Å². The van der Waals surface area contributed by atoms with E-state index in [1.54, 1.807) is 6.08 Å². The third kappa shape index (κ3) is 3.21. The van der Waals surface area contributed by atoms with Gasteiger partial charge in [-0.1, -0.05) is 20.3 Å². The van der Waals surface area contributed by atoms with E-state index < -0.39 is 35.8 Å². The molecule has 22 heavy (non-hydrogen) atoms. The Morgan fingerprint density at radius 3 is 2.73 bits per heavy atom. The maximum atomic E-state index is 12.1. The fraction of sp³-hybridized carbons (Fsp3) is 0.562. The Labute approximate surface area is 128 Å². The van der Waals surface area contributed by atoms with Crippen LogP contribution < -0.4 is 0 Å². The maximum Gasteiger partial charge on any atom is 0.346 e. The lowest BCUT2D eigenvalue weighted by molar-refractivity contribution is -0.147. The van der Waals surface area contributed by atoms with Gasteiger partial charge in [-0.15, -0.1) is 0 Å². The molecule has 2 aliphatic rings. The van der Waals surface area contributed by atoms with Gasteiger partial charge in [0.25, 0.3) is 0 Å². The average Bonchev–Trinajstić information content (AvgIpc) is 2.90. The molecule has 6 nitrogen and oxygen atoms in total. The van der Waals surface area contributed by atoms with Crippen LogP contribution in [0.4, 0.5) is 0 Å². The Morgan fingerprint density at radius 1 is 1.45 bits per heavy atom. The Bertz CT molecular complexity index is 573. The quantitative estimate of drug-likeness (QED) is 0.474. The third-order valence-corrected chi connectivity index (χ3v) is 3.98. The molecule has 0 aromatic heterocycles. The highest BCUT2D eigenvalue weighted by atomic mass is 16.6. The molecule has 6 heteroatoms. The lowest BCUT2D eigenvalue weighted by Gasteiger charge is -2.26. The van der Waals surface area contributed by atoms with Gasteiger partial charge >= 0.3 is 11.9 Å². The van der Waals surface area contributed by atoms with Crippen molar-refractivity contribution in [2.45, 2.75) is 51.7 Å². The second kappa shape index (κ2) is 5.94. The van der Waals surface area contributed by atoms with Gasteiger partial charge in [0.1, 0.15) is 16.9 Å². The minimum Gasteiger partial charge on any atom is -0.482 e. The zero-order valence-electron chi connectivity index (χ0n) is 12.9. The number of carbonyl (C=O) groups excluding carboxylic acids is 2. The van der Waals surface area contributed by atoms with Gasteiger partial charge < -0.3 is 14.6 Å². The number of ether oxygens (including phenoxy) is 2. The third-order valence-electron chi connectivity index (χ3n) is 3.98. The van der Waals surface area contributed by atoms with Gasteiger partial charge in [-0.3, -0.25) is 9.59 Å². The van der Waals surface area contributed by atoms with Crippen LogP contribution in [0.15, 0.2) is 23.5 Å². The molecule has 2 heterocycles. The zero-order valence-corrected chi connectivity index (χ0v) is 12.9. The molecule has 3 atom stereocenters. The summed E-state index contributed by atoms with van der Waals surface area (Å²) in [7, 11) is 0. The largest absolute Gasteiger partial charge is 0.482 e. The zero-order chi connectivity index (χ0) is 16.5.